The fourth-order valence-electron chi connectivity index (χ4n) is 1.45. The smallest absolute Gasteiger partial charge is 0.146 e. The first kappa shape index (κ1) is 12.3. The van der Waals surface area contributed by atoms with Gasteiger partial charge in [-0.15, -0.1) is 11.8 Å². The van der Waals surface area contributed by atoms with Crippen molar-refractivity contribution < 1.29 is 4.79 Å². The Hall–Kier alpha value is -0.760. The van der Waals surface area contributed by atoms with Crippen molar-refractivity contribution in [2.24, 2.45) is 0 Å². The van der Waals surface area contributed by atoms with Crippen molar-refractivity contribution in [3.63, 3.8) is 0 Å². The predicted octanol–water partition coefficient (Wildman–Crippen LogP) is 3.93. The maximum Gasteiger partial charge on any atom is 0.146 e. The molecule has 0 amide bonds. The van der Waals surface area contributed by atoms with Gasteiger partial charge in [-0.2, -0.15) is 0 Å². The molecule has 82 valence electrons. The monoisotopic (exact) mass is 222 g/mol. The van der Waals surface area contributed by atoms with Gasteiger partial charge in [0.2, 0.25) is 0 Å². The normalized spacial score (nSPS) is 12.4. The average Bonchev–Trinajstić information content (AvgIpc) is 2.27. The Bertz CT molecular complexity index is 295. The summed E-state index contributed by atoms with van der Waals surface area (Å²) in [6.45, 7) is 4.13. The molecule has 0 aliphatic rings. The standard InChI is InChI=1S/C13H18OS/c1-3-8-12(14)13(4-2)15-11-9-6-5-7-10-11/h5-7,9-10,13H,3-4,8H2,1-2H3. The number of benzene rings is 1. The van der Waals surface area contributed by atoms with Gasteiger partial charge in [0.15, 0.2) is 0 Å². The van der Waals surface area contributed by atoms with E-state index in [-0.39, 0.29) is 5.25 Å². The highest BCUT2D eigenvalue weighted by Crippen LogP contribution is 2.26. The molecule has 0 aliphatic carbocycles. The highest BCUT2D eigenvalue weighted by Gasteiger charge is 2.16. The molecule has 0 N–H and O–H groups in total. The molecule has 1 unspecified atom stereocenters. The quantitative estimate of drug-likeness (QED) is 0.678. The van der Waals surface area contributed by atoms with Crippen LogP contribution in [0.25, 0.3) is 0 Å². The Balaban J connectivity index is 2.58. The van der Waals surface area contributed by atoms with Crippen LogP contribution in [0.3, 0.4) is 0 Å². The minimum atomic E-state index is 0.132. The van der Waals surface area contributed by atoms with E-state index < -0.39 is 0 Å². The topological polar surface area (TPSA) is 17.1 Å². The summed E-state index contributed by atoms with van der Waals surface area (Å²) < 4.78 is 0. The van der Waals surface area contributed by atoms with Crippen LogP contribution in [0.2, 0.25) is 0 Å². The molecule has 0 spiro atoms. The van der Waals surface area contributed by atoms with Crippen LogP contribution in [-0.4, -0.2) is 11.0 Å². The van der Waals surface area contributed by atoms with Crippen molar-refractivity contribution in [3.8, 4) is 0 Å². The van der Waals surface area contributed by atoms with Crippen molar-refractivity contribution in [3.05, 3.63) is 30.3 Å². The summed E-state index contributed by atoms with van der Waals surface area (Å²) in [5.74, 6) is 0.383. The van der Waals surface area contributed by atoms with Gasteiger partial charge in [-0.25, -0.2) is 0 Å². The van der Waals surface area contributed by atoms with E-state index in [0.717, 1.165) is 12.8 Å². The van der Waals surface area contributed by atoms with Crippen LogP contribution in [0.4, 0.5) is 0 Å². The first-order chi connectivity index (χ1) is 7.27. The average molecular weight is 222 g/mol. The van der Waals surface area contributed by atoms with Crippen LogP contribution in [-0.2, 0) is 4.79 Å². The van der Waals surface area contributed by atoms with Gasteiger partial charge in [-0.3, -0.25) is 4.79 Å². The molecule has 1 atom stereocenters. The molecule has 1 rings (SSSR count). The van der Waals surface area contributed by atoms with E-state index in [4.69, 9.17) is 0 Å². The summed E-state index contributed by atoms with van der Waals surface area (Å²) in [5.41, 5.74) is 0. The second-order valence-electron chi connectivity index (χ2n) is 3.54. The first-order valence-electron chi connectivity index (χ1n) is 5.52. The fourth-order valence-corrected chi connectivity index (χ4v) is 2.51. The van der Waals surface area contributed by atoms with E-state index >= 15 is 0 Å². The second-order valence-corrected chi connectivity index (χ2v) is 4.82. The third kappa shape index (κ3) is 4.08. The number of hydrogen-bond acceptors (Lipinski definition) is 2. The Kier molecular flexibility index (Phi) is 5.48. The highest BCUT2D eigenvalue weighted by molar-refractivity contribution is 8.00. The lowest BCUT2D eigenvalue weighted by Gasteiger charge is -2.12. The van der Waals surface area contributed by atoms with Gasteiger partial charge in [0, 0.05) is 11.3 Å². The molecule has 0 heterocycles. The number of thioether (sulfide) groups is 1. The van der Waals surface area contributed by atoms with Gasteiger partial charge in [-0.05, 0) is 25.0 Å². The Morgan fingerprint density at radius 3 is 2.47 bits per heavy atom. The zero-order valence-corrected chi connectivity index (χ0v) is 10.2. The van der Waals surface area contributed by atoms with Crippen LogP contribution in [0, 0.1) is 0 Å². The lowest BCUT2D eigenvalue weighted by atomic mass is 10.1. The number of rotatable bonds is 6. The maximum absolute atomic E-state index is 11.8. The molecule has 15 heavy (non-hydrogen) atoms. The van der Waals surface area contributed by atoms with E-state index in [0.29, 0.717) is 12.2 Å². The summed E-state index contributed by atoms with van der Waals surface area (Å²) in [6, 6.07) is 10.1. The van der Waals surface area contributed by atoms with Crippen molar-refractivity contribution in [2.75, 3.05) is 0 Å². The van der Waals surface area contributed by atoms with Crippen LogP contribution < -0.4 is 0 Å². The van der Waals surface area contributed by atoms with Crippen LogP contribution in [0.5, 0.6) is 0 Å². The van der Waals surface area contributed by atoms with Crippen molar-refractivity contribution in [1.29, 1.82) is 0 Å². The Morgan fingerprint density at radius 1 is 1.27 bits per heavy atom. The number of hydrogen-bond donors (Lipinski definition) is 0. The van der Waals surface area contributed by atoms with Gasteiger partial charge < -0.3 is 0 Å². The summed E-state index contributed by atoms with van der Waals surface area (Å²) >= 11 is 1.69. The van der Waals surface area contributed by atoms with E-state index in [9.17, 15) is 4.79 Å². The minimum absolute atomic E-state index is 0.132. The zero-order valence-electron chi connectivity index (χ0n) is 9.40. The van der Waals surface area contributed by atoms with Gasteiger partial charge in [0.05, 0.1) is 5.25 Å². The van der Waals surface area contributed by atoms with Crippen LogP contribution in [0.15, 0.2) is 35.2 Å². The summed E-state index contributed by atoms with van der Waals surface area (Å²) in [5, 5.41) is 0.132. The molecule has 2 heteroatoms. The van der Waals surface area contributed by atoms with Crippen molar-refractivity contribution >= 4 is 17.5 Å². The molecule has 1 aromatic rings. The molecular weight excluding hydrogens is 204 g/mol. The molecule has 0 aliphatic heterocycles. The summed E-state index contributed by atoms with van der Waals surface area (Å²) in [7, 11) is 0. The van der Waals surface area contributed by atoms with E-state index in [2.05, 4.69) is 26.0 Å². The van der Waals surface area contributed by atoms with E-state index in [1.165, 1.54) is 4.90 Å². The lowest BCUT2D eigenvalue weighted by molar-refractivity contribution is -0.118. The molecule has 0 saturated carbocycles. The van der Waals surface area contributed by atoms with Crippen LogP contribution >= 0.6 is 11.8 Å². The molecular formula is C13H18OS. The first-order valence-corrected chi connectivity index (χ1v) is 6.40. The van der Waals surface area contributed by atoms with E-state index in [1.54, 1.807) is 11.8 Å². The van der Waals surface area contributed by atoms with Crippen LogP contribution in [0.1, 0.15) is 33.1 Å². The largest absolute Gasteiger partial charge is 0.298 e. The summed E-state index contributed by atoms with van der Waals surface area (Å²) in [6.07, 6.45) is 2.57. The third-order valence-electron chi connectivity index (χ3n) is 2.25. The number of carbonyl (C=O) groups is 1. The van der Waals surface area contributed by atoms with Gasteiger partial charge in [0.25, 0.3) is 0 Å². The van der Waals surface area contributed by atoms with Gasteiger partial charge in [0.1, 0.15) is 5.78 Å². The van der Waals surface area contributed by atoms with Gasteiger partial charge >= 0.3 is 0 Å². The lowest BCUT2D eigenvalue weighted by Crippen LogP contribution is -2.15. The Labute approximate surface area is 96.3 Å². The number of Topliss-reactive ketones (excluding diaryl/α,β-unsaturated/α-hetero) is 1. The molecule has 1 aromatic carbocycles. The number of ketones is 1. The molecule has 1 nitrogen and oxygen atoms in total. The van der Waals surface area contributed by atoms with Crippen molar-refractivity contribution in [1.82, 2.24) is 0 Å². The highest BCUT2D eigenvalue weighted by atomic mass is 32.2. The fraction of sp³-hybridized carbons (Fsp3) is 0.462. The van der Waals surface area contributed by atoms with Gasteiger partial charge in [-0.1, -0.05) is 32.0 Å². The molecule has 0 bridgehead atoms. The second kappa shape index (κ2) is 6.67. The maximum atomic E-state index is 11.8. The summed E-state index contributed by atoms with van der Waals surface area (Å²) in [4.78, 5) is 12.9. The third-order valence-corrected chi connectivity index (χ3v) is 3.67. The van der Waals surface area contributed by atoms with E-state index in [1.807, 2.05) is 18.2 Å². The Morgan fingerprint density at radius 2 is 1.93 bits per heavy atom. The molecule has 0 radical (unpaired) electrons. The van der Waals surface area contributed by atoms with Crippen molar-refractivity contribution in [2.45, 2.75) is 43.3 Å². The predicted molar refractivity (Wildman–Crippen MR) is 66.3 cm³/mol. The SMILES string of the molecule is CCCC(=O)C(CC)Sc1ccccc1. The number of carbonyl (C=O) groups excluding carboxylic acids is 1. The zero-order chi connectivity index (χ0) is 11.1. The molecule has 0 saturated heterocycles. The minimum Gasteiger partial charge on any atom is -0.298 e. The molecule has 0 fully saturated rings. The molecule has 0 aromatic heterocycles.